The normalized spacial score (nSPS) is 24.1. The van der Waals surface area contributed by atoms with Gasteiger partial charge in [-0.05, 0) is 51.3 Å². The van der Waals surface area contributed by atoms with E-state index in [0.717, 1.165) is 22.2 Å². The number of amides is 1. The maximum atomic E-state index is 12.6. The lowest BCUT2D eigenvalue weighted by atomic mass is 9.96. The van der Waals surface area contributed by atoms with E-state index in [1.807, 2.05) is 23.1 Å². The van der Waals surface area contributed by atoms with Gasteiger partial charge in [-0.15, -0.1) is 12.6 Å². The topological polar surface area (TPSA) is 20.3 Å². The van der Waals surface area contributed by atoms with Crippen LogP contribution in [0.1, 0.15) is 43.5 Å². The number of halogens is 1. The predicted molar refractivity (Wildman–Crippen MR) is 80.3 cm³/mol. The smallest absolute Gasteiger partial charge is 0.255 e. The van der Waals surface area contributed by atoms with Crippen molar-refractivity contribution in [3.63, 3.8) is 0 Å². The molecule has 0 N–H and O–H groups in total. The number of likely N-dealkylation sites (tertiary alicyclic amines) is 1. The van der Waals surface area contributed by atoms with Crippen molar-refractivity contribution in [1.29, 1.82) is 0 Å². The number of hydrogen-bond acceptors (Lipinski definition) is 2. The van der Waals surface area contributed by atoms with E-state index < -0.39 is 0 Å². The van der Waals surface area contributed by atoms with Gasteiger partial charge in [0.05, 0.1) is 5.56 Å². The van der Waals surface area contributed by atoms with E-state index in [4.69, 9.17) is 0 Å². The number of piperidine rings is 1. The van der Waals surface area contributed by atoms with E-state index in [1.165, 1.54) is 6.42 Å². The zero-order valence-electron chi connectivity index (χ0n) is 10.7. The first kappa shape index (κ1) is 13.9. The van der Waals surface area contributed by atoms with Crippen molar-refractivity contribution < 1.29 is 4.79 Å². The molecular formula is C14H18BrNOS. The number of thiol groups is 1. The monoisotopic (exact) mass is 327 g/mol. The molecule has 0 radical (unpaired) electrons. The van der Waals surface area contributed by atoms with Gasteiger partial charge in [0.1, 0.15) is 0 Å². The summed E-state index contributed by atoms with van der Waals surface area (Å²) in [6.45, 7) is 4.26. The molecule has 1 aromatic rings. The summed E-state index contributed by atoms with van der Waals surface area (Å²) in [6.07, 6.45) is 3.39. The quantitative estimate of drug-likeness (QED) is 0.768. The first-order valence-electron chi connectivity index (χ1n) is 6.32. The van der Waals surface area contributed by atoms with Gasteiger partial charge in [-0.2, -0.15) is 0 Å². The minimum atomic E-state index is 0.104. The molecule has 2 atom stereocenters. The fraction of sp³-hybridized carbons (Fsp3) is 0.500. The van der Waals surface area contributed by atoms with Crippen LogP contribution in [-0.4, -0.2) is 22.9 Å². The second kappa shape index (κ2) is 5.66. The van der Waals surface area contributed by atoms with Gasteiger partial charge in [0.2, 0.25) is 0 Å². The summed E-state index contributed by atoms with van der Waals surface area (Å²) in [4.78, 5) is 15.4. The third-order valence-corrected chi connectivity index (χ3v) is 4.48. The van der Waals surface area contributed by atoms with Crippen molar-refractivity contribution in [3.05, 3.63) is 28.2 Å². The van der Waals surface area contributed by atoms with Gasteiger partial charge in [0, 0.05) is 21.5 Å². The molecule has 0 spiro atoms. The molecule has 98 valence electrons. The van der Waals surface area contributed by atoms with E-state index in [-0.39, 0.29) is 5.91 Å². The molecule has 0 bridgehead atoms. The van der Waals surface area contributed by atoms with Gasteiger partial charge in [0.25, 0.3) is 5.91 Å². The van der Waals surface area contributed by atoms with Crippen molar-refractivity contribution >= 4 is 34.5 Å². The van der Waals surface area contributed by atoms with Crippen LogP contribution in [0, 0.1) is 0 Å². The van der Waals surface area contributed by atoms with E-state index >= 15 is 0 Å². The molecule has 2 nitrogen and oxygen atoms in total. The Morgan fingerprint density at radius 1 is 1.33 bits per heavy atom. The molecule has 2 rings (SSSR count). The number of carbonyl (C=O) groups is 1. The van der Waals surface area contributed by atoms with Gasteiger partial charge < -0.3 is 4.90 Å². The summed E-state index contributed by atoms with van der Waals surface area (Å²) in [6, 6.07) is 6.25. The molecule has 2 unspecified atom stereocenters. The molecular weight excluding hydrogens is 310 g/mol. The molecule has 0 aromatic heterocycles. The summed E-state index contributed by atoms with van der Waals surface area (Å²) < 4.78 is 0.948. The molecule has 1 saturated heterocycles. The molecule has 1 fully saturated rings. The number of benzene rings is 1. The molecule has 4 heteroatoms. The Balaban J connectivity index is 2.29. The van der Waals surface area contributed by atoms with Crippen LogP contribution in [0.25, 0.3) is 0 Å². The molecule has 1 amide bonds. The number of nitrogens with zero attached hydrogens (tertiary/aromatic N) is 1. The zero-order chi connectivity index (χ0) is 13.3. The van der Waals surface area contributed by atoms with Gasteiger partial charge in [0.15, 0.2) is 0 Å². The van der Waals surface area contributed by atoms with E-state index in [9.17, 15) is 4.79 Å². The molecule has 18 heavy (non-hydrogen) atoms. The van der Waals surface area contributed by atoms with Gasteiger partial charge in [-0.3, -0.25) is 4.79 Å². The highest BCUT2D eigenvalue weighted by atomic mass is 79.9. The number of carbonyl (C=O) groups excluding carboxylic acids is 1. The standard InChI is InChI=1S/C14H18BrNOS/c1-9-4-3-5-10(2)16(9)14(17)12-7-6-11(15)8-13(12)18/h6-10,18H,3-5H2,1-2H3. The Hall–Kier alpha value is -0.480. The second-order valence-corrected chi connectivity index (χ2v) is 6.40. The van der Waals surface area contributed by atoms with Crippen LogP contribution in [0.5, 0.6) is 0 Å². The molecule has 1 aromatic carbocycles. The predicted octanol–water partition coefficient (Wildman–Crippen LogP) is 4.14. The van der Waals surface area contributed by atoms with E-state index in [2.05, 4.69) is 42.4 Å². The first-order chi connectivity index (χ1) is 8.50. The molecule has 1 heterocycles. The summed E-state index contributed by atoms with van der Waals surface area (Å²) in [5.41, 5.74) is 0.696. The SMILES string of the molecule is CC1CCCC(C)N1C(=O)c1ccc(Br)cc1S. The maximum Gasteiger partial charge on any atom is 0.255 e. The summed E-state index contributed by atoms with van der Waals surface area (Å²) in [7, 11) is 0. The minimum Gasteiger partial charge on any atom is -0.333 e. The summed E-state index contributed by atoms with van der Waals surface area (Å²) in [5, 5.41) is 0. The van der Waals surface area contributed by atoms with Crippen LogP contribution in [0.15, 0.2) is 27.6 Å². The highest BCUT2D eigenvalue weighted by molar-refractivity contribution is 9.10. The highest BCUT2D eigenvalue weighted by Gasteiger charge is 2.30. The molecule has 1 aliphatic heterocycles. The summed E-state index contributed by atoms with van der Waals surface area (Å²) in [5.74, 6) is 0.104. The lowest BCUT2D eigenvalue weighted by Gasteiger charge is -2.39. The van der Waals surface area contributed by atoms with Crippen LogP contribution in [0.3, 0.4) is 0 Å². The number of rotatable bonds is 1. The average Bonchev–Trinajstić information content (AvgIpc) is 2.28. The van der Waals surface area contributed by atoms with Crippen molar-refractivity contribution in [3.8, 4) is 0 Å². The third-order valence-electron chi connectivity index (χ3n) is 3.62. The van der Waals surface area contributed by atoms with Crippen LogP contribution in [-0.2, 0) is 0 Å². The Kier molecular flexibility index (Phi) is 4.38. The lowest BCUT2D eigenvalue weighted by Crippen LogP contribution is -2.47. The average molecular weight is 328 g/mol. The molecule has 0 saturated carbocycles. The number of hydrogen-bond donors (Lipinski definition) is 1. The second-order valence-electron chi connectivity index (χ2n) is 5.00. The van der Waals surface area contributed by atoms with E-state index in [0.29, 0.717) is 17.6 Å². The van der Waals surface area contributed by atoms with Crippen molar-refractivity contribution in [2.24, 2.45) is 0 Å². The van der Waals surface area contributed by atoms with Gasteiger partial charge in [-0.25, -0.2) is 0 Å². The molecule has 0 aliphatic carbocycles. The maximum absolute atomic E-state index is 12.6. The lowest BCUT2D eigenvalue weighted by molar-refractivity contribution is 0.0507. The van der Waals surface area contributed by atoms with Gasteiger partial charge in [-0.1, -0.05) is 15.9 Å². The first-order valence-corrected chi connectivity index (χ1v) is 7.56. The summed E-state index contributed by atoms with van der Waals surface area (Å²) >= 11 is 7.80. The third kappa shape index (κ3) is 2.75. The Bertz CT molecular complexity index is 453. The van der Waals surface area contributed by atoms with Gasteiger partial charge >= 0.3 is 0 Å². The van der Waals surface area contributed by atoms with Crippen molar-refractivity contribution in [1.82, 2.24) is 4.90 Å². The Morgan fingerprint density at radius 2 is 1.94 bits per heavy atom. The Labute approximate surface area is 122 Å². The minimum absolute atomic E-state index is 0.104. The van der Waals surface area contributed by atoms with Crippen LogP contribution >= 0.6 is 28.6 Å². The van der Waals surface area contributed by atoms with E-state index in [1.54, 1.807) is 0 Å². The van der Waals surface area contributed by atoms with Crippen LogP contribution in [0.2, 0.25) is 0 Å². The van der Waals surface area contributed by atoms with Crippen LogP contribution < -0.4 is 0 Å². The highest BCUT2D eigenvalue weighted by Crippen LogP contribution is 2.27. The largest absolute Gasteiger partial charge is 0.333 e. The van der Waals surface area contributed by atoms with Crippen molar-refractivity contribution in [2.75, 3.05) is 0 Å². The van der Waals surface area contributed by atoms with Crippen molar-refractivity contribution in [2.45, 2.75) is 50.1 Å². The fourth-order valence-corrected chi connectivity index (χ4v) is 3.49. The molecule has 1 aliphatic rings. The fourth-order valence-electron chi connectivity index (χ4n) is 2.65. The Morgan fingerprint density at radius 3 is 2.50 bits per heavy atom. The zero-order valence-corrected chi connectivity index (χ0v) is 13.2. The van der Waals surface area contributed by atoms with Crippen LogP contribution in [0.4, 0.5) is 0 Å².